The summed E-state index contributed by atoms with van der Waals surface area (Å²) in [5.41, 5.74) is 1.95. The average molecular weight is 500 g/mol. The largest absolute Gasteiger partial charge is 0.478 e. The predicted molar refractivity (Wildman–Crippen MR) is 136 cm³/mol. The Morgan fingerprint density at radius 2 is 1.64 bits per heavy atom. The Hall–Kier alpha value is -4.50. The van der Waals surface area contributed by atoms with Crippen LogP contribution < -0.4 is 5.32 Å². The van der Waals surface area contributed by atoms with E-state index < -0.39 is 11.9 Å². The van der Waals surface area contributed by atoms with E-state index in [1.807, 2.05) is 53.4 Å². The minimum atomic E-state index is -1.22. The number of pyridine rings is 1. The normalized spacial score (nSPS) is 17.1. The SMILES string of the molecule is O=C(O)c1cc(C(=O)O)cc(-c2ccc([C@@H]3[C@@H](c4ccccn4)NC(=S)N3Cc3ccccc3)o2)c1. The number of nitrogens with one attached hydrogen (secondary N) is 1. The average Bonchev–Trinajstić information content (AvgIpc) is 3.50. The number of aromatic nitrogens is 1. The van der Waals surface area contributed by atoms with Gasteiger partial charge in [0.05, 0.1) is 22.9 Å². The van der Waals surface area contributed by atoms with E-state index in [9.17, 15) is 19.8 Å². The summed E-state index contributed by atoms with van der Waals surface area (Å²) in [6.45, 7) is 0.536. The van der Waals surface area contributed by atoms with Gasteiger partial charge in [-0.25, -0.2) is 9.59 Å². The Bertz CT molecular complexity index is 1410. The number of thiocarbonyl (C=S) groups is 1. The molecule has 1 aliphatic heterocycles. The Morgan fingerprint density at radius 3 is 2.28 bits per heavy atom. The van der Waals surface area contributed by atoms with Crippen molar-refractivity contribution >= 4 is 29.3 Å². The number of carboxylic acid groups (broad SMARTS) is 2. The number of furan rings is 1. The Kier molecular flexibility index (Phi) is 6.22. The maximum absolute atomic E-state index is 11.6. The molecule has 0 radical (unpaired) electrons. The van der Waals surface area contributed by atoms with Gasteiger partial charge in [-0.05, 0) is 60.2 Å². The van der Waals surface area contributed by atoms with Gasteiger partial charge in [-0.3, -0.25) is 4.98 Å². The number of carboxylic acids is 2. The lowest BCUT2D eigenvalue weighted by atomic mass is 10.0. The van der Waals surface area contributed by atoms with Gasteiger partial charge in [-0.1, -0.05) is 36.4 Å². The summed E-state index contributed by atoms with van der Waals surface area (Å²) in [5.74, 6) is -1.50. The number of carbonyl (C=O) groups is 2. The zero-order chi connectivity index (χ0) is 25.2. The van der Waals surface area contributed by atoms with E-state index in [0.29, 0.717) is 28.7 Å². The van der Waals surface area contributed by atoms with Gasteiger partial charge < -0.3 is 24.8 Å². The molecule has 0 amide bonds. The fourth-order valence-electron chi connectivity index (χ4n) is 4.35. The highest BCUT2D eigenvalue weighted by molar-refractivity contribution is 7.80. The third-order valence-corrected chi connectivity index (χ3v) is 6.38. The molecule has 2 aromatic carbocycles. The molecule has 3 heterocycles. The molecule has 9 heteroatoms. The van der Waals surface area contributed by atoms with Crippen LogP contribution in [0.1, 0.15) is 49.8 Å². The Labute approximate surface area is 211 Å². The van der Waals surface area contributed by atoms with Gasteiger partial charge in [-0.15, -0.1) is 0 Å². The van der Waals surface area contributed by atoms with Crippen LogP contribution in [0.5, 0.6) is 0 Å². The molecule has 1 fully saturated rings. The zero-order valence-corrected chi connectivity index (χ0v) is 19.7. The quantitative estimate of drug-likeness (QED) is 0.305. The highest BCUT2D eigenvalue weighted by Crippen LogP contribution is 2.41. The van der Waals surface area contributed by atoms with Gasteiger partial charge in [0.2, 0.25) is 0 Å². The fraction of sp³-hybridized carbons (Fsp3) is 0.111. The monoisotopic (exact) mass is 499 g/mol. The number of nitrogens with zero attached hydrogens (tertiary/aromatic N) is 2. The van der Waals surface area contributed by atoms with Crippen LogP contribution in [-0.4, -0.2) is 37.1 Å². The molecule has 2 atom stereocenters. The molecule has 0 spiro atoms. The summed E-state index contributed by atoms with van der Waals surface area (Å²) in [6.07, 6.45) is 1.72. The van der Waals surface area contributed by atoms with Crippen molar-refractivity contribution in [3.63, 3.8) is 0 Å². The van der Waals surface area contributed by atoms with Crippen molar-refractivity contribution in [1.82, 2.24) is 15.2 Å². The van der Waals surface area contributed by atoms with Crippen LogP contribution in [-0.2, 0) is 6.54 Å². The first-order valence-electron chi connectivity index (χ1n) is 11.1. The second-order valence-electron chi connectivity index (χ2n) is 8.35. The van der Waals surface area contributed by atoms with Gasteiger partial charge in [0.15, 0.2) is 5.11 Å². The minimum Gasteiger partial charge on any atom is -0.478 e. The molecule has 3 N–H and O–H groups in total. The number of rotatable bonds is 7. The van der Waals surface area contributed by atoms with E-state index in [1.165, 1.54) is 12.1 Å². The first kappa shape index (κ1) is 23.3. The summed E-state index contributed by atoms with van der Waals surface area (Å²) in [4.78, 5) is 29.7. The third-order valence-electron chi connectivity index (χ3n) is 6.02. The van der Waals surface area contributed by atoms with E-state index in [-0.39, 0.29) is 23.2 Å². The van der Waals surface area contributed by atoms with E-state index in [4.69, 9.17) is 16.6 Å². The number of aromatic carboxylic acids is 2. The molecular weight excluding hydrogens is 478 g/mol. The molecule has 36 heavy (non-hydrogen) atoms. The maximum atomic E-state index is 11.6. The lowest BCUT2D eigenvalue weighted by Crippen LogP contribution is -2.29. The summed E-state index contributed by atoms with van der Waals surface area (Å²) in [6, 6.07) is 22.4. The van der Waals surface area contributed by atoms with Crippen LogP contribution in [0.3, 0.4) is 0 Å². The predicted octanol–water partition coefficient (Wildman–Crippen LogP) is 4.91. The third kappa shape index (κ3) is 4.56. The van der Waals surface area contributed by atoms with Crippen LogP contribution in [0.2, 0.25) is 0 Å². The van der Waals surface area contributed by atoms with Crippen LogP contribution in [0.25, 0.3) is 11.3 Å². The molecule has 180 valence electrons. The van der Waals surface area contributed by atoms with Crippen molar-refractivity contribution in [2.75, 3.05) is 0 Å². The zero-order valence-electron chi connectivity index (χ0n) is 18.9. The minimum absolute atomic E-state index is 0.136. The van der Waals surface area contributed by atoms with Crippen LogP contribution in [0, 0.1) is 0 Å². The Balaban J connectivity index is 1.56. The maximum Gasteiger partial charge on any atom is 0.335 e. The molecule has 4 aromatic rings. The lowest BCUT2D eigenvalue weighted by Gasteiger charge is -2.26. The fourth-order valence-corrected chi connectivity index (χ4v) is 4.65. The second-order valence-corrected chi connectivity index (χ2v) is 8.74. The molecule has 2 aromatic heterocycles. The van der Waals surface area contributed by atoms with Gasteiger partial charge >= 0.3 is 11.9 Å². The van der Waals surface area contributed by atoms with Crippen molar-refractivity contribution in [1.29, 1.82) is 0 Å². The number of hydrogen-bond donors (Lipinski definition) is 3. The molecule has 5 rings (SSSR count). The van der Waals surface area contributed by atoms with Crippen molar-refractivity contribution in [3.05, 3.63) is 113 Å². The summed E-state index contributed by atoms with van der Waals surface area (Å²) >= 11 is 5.70. The van der Waals surface area contributed by atoms with Gasteiger partial charge in [0, 0.05) is 18.3 Å². The highest BCUT2D eigenvalue weighted by atomic mass is 32.1. The van der Waals surface area contributed by atoms with Crippen LogP contribution >= 0.6 is 12.2 Å². The molecule has 0 unspecified atom stereocenters. The van der Waals surface area contributed by atoms with Gasteiger partial charge in [-0.2, -0.15) is 0 Å². The van der Waals surface area contributed by atoms with Crippen LogP contribution in [0.15, 0.2) is 89.5 Å². The molecule has 0 saturated carbocycles. The summed E-state index contributed by atoms with van der Waals surface area (Å²) in [5, 5.41) is 22.8. The van der Waals surface area contributed by atoms with Gasteiger partial charge in [0.1, 0.15) is 17.6 Å². The van der Waals surface area contributed by atoms with E-state index in [2.05, 4.69) is 10.3 Å². The lowest BCUT2D eigenvalue weighted by molar-refractivity contribution is 0.0696. The second kappa shape index (κ2) is 9.63. The van der Waals surface area contributed by atoms with Crippen molar-refractivity contribution in [2.45, 2.75) is 18.6 Å². The first-order valence-corrected chi connectivity index (χ1v) is 11.6. The molecule has 0 aliphatic carbocycles. The van der Waals surface area contributed by atoms with Crippen molar-refractivity contribution < 1.29 is 24.2 Å². The molecule has 1 saturated heterocycles. The first-order chi connectivity index (χ1) is 17.4. The molecule has 0 bridgehead atoms. The molecular formula is C27H21N3O5S. The van der Waals surface area contributed by atoms with Crippen molar-refractivity contribution in [3.8, 4) is 11.3 Å². The van der Waals surface area contributed by atoms with Gasteiger partial charge in [0.25, 0.3) is 0 Å². The Morgan fingerprint density at radius 1 is 0.944 bits per heavy atom. The van der Waals surface area contributed by atoms with E-state index >= 15 is 0 Å². The molecule has 1 aliphatic rings. The summed E-state index contributed by atoms with van der Waals surface area (Å²) < 4.78 is 6.24. The van der Waals surface area contributed by atoms with E-state index in [1.54, 1.807) is 18.3 Å². The topological polar surface area (TPSA) is 116 Å². The summed E-state index contributed by atoms with van der Waals surface area (Å²) in [7, 11) is 0. The number of benzene rings is 2. The van der Waals surface area contributed by atoms with Crippen LogP contribution in [0.4, 0.5) is 0 Å². The number of hydrogen-bond acceptors (Lipinski definition) is 5. The standard InChI is InChI=1S/C27H21N3O5S/c31-25(32)18-12-17(13-19(14-18)26(33)34)21-9-10-22(35-21)24-23(20-8-4-5-11-28-20)29-27(36)30(24)15-16-6-2-1-3-7-16/h1-14,23-24H,15H2,(H,29,36)(H,31,32)(H,33,34)/t23-,24-/m1/s1. The molecule has 8 nitrogen and oxygen atoms in total. The smallest absolute Gasteiger partial charge is 0.335 e. The van der Waals surface area contributed by atoms with Crippen molar-refractivity contribution in [2.24, 2.45) is 0 Å². The van der Waals surface area contributed by atoms with E-state index in [0.717, 1.165) is 17.3 Å². The highest BCUT2D eigenvalue weighted by Gasteiger charge is 2.41.